The van der Waals surface area contributed by atoms with Crippen LogP contribution in [0.4, 0.5) is 0 Å². The Balaban J connectivity index is 3.33. The summed E-state index contributed by atoms with van der Waals surface area (Å²) >= 11 is 0. The zero-order valence-corrected chi connectivity index (χ0v) is 9.61. The number of hydrogen-bond acceptors (Lipinski definition) is 4. The van der Waals surface area contributed by atoms with Gasteiger partial charge >= 0.3 is 0 Å². The van der Waals surface area contributed by atoms with Crippen molar-refractivity contribution in [3.63, 3.8) is 0 Å². The van der Waals surface area contributed by atoms with E-state index in [2.05, 4.69) is 6.92 Å². The SMILES string of the molecule is CCC(CCCCCN(C)O)N(C)O. The average Bonchev–Trinajstić information content (AvgIpc) is 2.10. The summed E-state index contributed by atoms with van der Waals surface area (Å²) in [7, 11) is 3.37. The second kappa shape index (κ2) is 8.17. The minimum atomic E-state index is 0.279. The van der Waals surface area contributed by atoms with Crippen LogP contribution in [-0.4, -0.2) is 47.2 Å². The van der Waals surface area contributed by atoms with Crippen molar-refractivity contribution in [1.82, 2.24) is 10.1 Å². The molecule has 86 valence electrons. The van der Waals surface area contributed by atoms with Crippen molar-refractivity contribution >= 4 is 0 Å². The molecule has 0 aliphatic heterocycles. The highest BCUT2D eigenvalue weighted by Crippen LogP contribution is 2.10. The molecule has 0 spiro atoms. The first-order valence-corrected chi connectivity index (χ1v) is 5.39. The number of unbranched alkanes of at least 4 members (excludes halogenated alkanes) is 2. The quantitative estimate of drug-likeness (QED) is 0.469. The highest BCUT2D eigenvalue weighted by atomic mass is 16.5. The van der Waals surface area contributed by atoms with Gasteiger partial charge in [-0.3, -0.25) is 0 Å². The van der Waals surface area contributed by atoms with Crippen LogP contribution in [0, 0.1) is 0 Å². The zero-order chi connectivity index (χ0) is 11.0. The van der Waals surface area contributed by atoms with Crippen LogP contribution >= 0.6 is 0 Å². The fraction of sp³-hybridized carbons (Fsp3) is 1.00. The Labute approximate surface area is 87.0 Å². The zero-order valence-electron chi connectivity index (χ0n) is 9.61. The Morgan fingerprint density at radius 3 is 2.14 bits per heavy atom. The fourth-order valence-electron chi connectivity index (χ4n) is 1.55. The number of hydrogen-bond donors (Lipinski definition) is 2. The first kappa shape index (κ1) is 13.8. The van der Waals surface area contributed by atoms with Crippen molar-refractivity contribution in [2.24, 2.45) is 0 Å². The maximum Gasteiger partial charge on any atom is 0.0344 e. The molecule has 0 aromatic heterocycles. The van der Waals surface area contributed by atoms with Gasteiger partial charge in [-0.15, -0.1) is 0 Å². The van der Waals surface area contributed by atoms with E-state index < -0.39 is 0 Å². The van der Waals surface area contributed by atoms with Crippen LogP contribution in [0.25, 0.3) is 0 Å². The Bertz CT molecular complexity index is 129. The van der Waals surface area contributed by atoms with Crippen LogP contribution in [0.3, 0.4) is 0 Å². The molecular formula is C10H24N2O2. The van der Waals surface area contributed by atoms with Crippen LogP contribution in [0.2, 0.25) is 0 Å². The third-order valence-corrected chi connectivity index (χ3v) is 2.52. The highest BCUT2D eigenvalue weighted by Gasteiger charge is 2.09. The van der Waals surface area contributed by atoms with E-state index in [1.807, 2.05) is 0 Å². The van der Waals surface area contributed by atoms with E-state index in [9.17, 15) is 5.21 Å². The standard InChI is InChI=1S/C10H24N2O2/c1-4-10(12(3)14)8-6-5-7-9-11(2)13/h10,13-14H,4-9H2,1-3H3. The molecule has 0 fully saturated rings. The van der Waals surface area contributed by atoms with Crippen LogP contribution in [-0.2, 0) is 0 Å². The van der Waals surface area contributed by atoms with Crippen molar-refractivity contribution in [2.45, 2.75) is 45.1 Å². The predicted octanol–water partition coefficient (Wildman–Crippen LogP) is 1.97. The molecule has 0 bridgehead atoms. The summed E-state index contributed by atoms with van der Waals surface area (Å²) in [6, 6.07) is 0.279. The number of hydroxylamine groups is 4. The van der Waals surface area contributed by atoms with E-state index in [0.29, 0.717) is 0 Å². The molecule has 4 heteroatoms. The lowest BCUT2D eigenvalue weighted by molar-refractivity contribution is -0.106. The molecule has 0 saturated heterocycles. The van der Waals surface area contributed by atoms with Gasteiger partial charge < -0.3 is 10.4 Å². The summed E-state index contributed by atoms with van der Waals surface area (Å²) < 4.78 is 0. The van der Waals surface area contributed by atoms with Gasteiger partial charge in [0, 0.05) is 26.7 Å². The molecule has 0 aliphatic rings. The van der Waals surface area contributed by atoms with Crippen molar-refractivity contribution < 1.29 is 10.4 Å². The summed E-state index contributed by atoms with van der Waals surface area (Å²) in [6.07, 6.45) is 5.23. The summed E-state index contributed by atoms with van der Waals surface area (Å²) in [5.41, 5.74) is 0. The van der Waals surface area contributed by atoms with E-state index in [0.717, 1.165) is 38.6 Å². The van der Waals surface area contributed by atoms with Gasteiger partial charge in [0.05, 0.1) is 0 Å². The summed E-state index contributed by atoms with van der Waals surface area (Å²) in [4.78, 5) is 0. The molecule has 1 unspecified atom stereocenters. The normalized spacial score (nSPS) is 13.9. The second-order valence-corrected chi connectivity index (χ2v) is 3.87. The Morgan fingerprint density at radius 2 is 1.71 bits per heavy atom. The Hall–Kier alpha value is -0.160. The van der Waals surface area contributed by atoms with E-state index in [-0.39, 0.29) is 6.04 Å². The molecule has 0 aromatic carbocycles. The van der Waals surface area contributed by atoms with Crippen LogP contribution < -0.4 is 0 Å². The molecule has 0 aromatic rings. The van der Waals surface area contributed by atoms with E-state index in [1.165, 1.54) is 10.1 Å². The van der Waals surface area contributed by atoms with E-state index in [4.69, 9.17) is 5.21 Å². The van der Waals surface area contributed by atoms with Gasteiger partial charge in [-0.2, -0.15) is 10.1 Å². The lowest BCUT2D eigenvalue weighted by Gasteiger charge is -2.20. The largest absolute Gasteiger partial charge is 0.314 e. The molecule has 1 atom stereocenters. The highest BCUT2D eigenvalue weighted by molar-refractivity contribution is 4.60. The minimum absolute atomic E-state index is 0.279. The van der Waals surface area contributed by atoms with Crippen LogP contribution in [0.1, 0.15) is 39.0 Å². The lowest BCUT2D eigenvalue weighted by Crippen LogP contribution is -2.27. The molecular weight excluding hydrogens is 180 g/mol. The number of nitrogens with zero attached hydrogens (tertiary/aromatic N) is 2. The maximum absolute atomic E-state index is 9.24. The maximum atomic E-state index is 9.24. The monoisotopic (exact) mass is 204 g/mol. The molecule has 0 heterocycles. The Morgan fingerprint density at radius 1 is 1.07 bits per heavy atom. The van der Waals surface area contributed by atoms with Gasteiger partial charge in [0.2, 0.25) is 0 Å². The van der Waals surface area contributed by atoms with Gasteiger partial charge in [-0.05, 0) is 19.3 Å². The van der Waals surface area contributed by atoms with Crippen LogP contribution in [0.15, 0.2) is 0 Å². The van der Waals surface area contributed by atoms with Gasteiger partial charge in [0.15, 0.2) is 0 Å². The Kier molecular flexibility index (Phi) is 8.08. The van der Waals surface area contributed by atoms with E-state index >= 15 is 0 Å². The molecule has 0 radical (unpaired) electrons. The molecule has 0 saturated carbocycles. The molecule has 0 rings (SSSR count). The van der Waals surface area contributed by atoms with Crippen molar-refractivity contribution in [1.29, 1.82) is 0 Å². The van der Waals surface area contributed by atoms with Gasteiger partial charge in [0.25, 0.3) is 0 Å². The van der Waals surface area contributed by atoms with Crippen LogP contribution in [0.5, 0.6) is 0 Å². The minimum Gasteiger partial charge on any atom is -0.314 e. The lowest BCUT2D eigenvalue weighted by atomic mass is 10.1. The van der Waals surface area contributed by atoms with Crippen molar-refractivity contribution in [3.05, 3.63) is 0 Å². The first-order chi connectivity index (χ1) is 6.57. The molecule has 0 amide bonds. The third kappa shape index (κ3) is 7.26. The van der Waals surface area contributed by atoms with E-state index in [1.54, 1.807) is 14.1 Å². The van der Waals surface area contributed by atoms with Gasteiger partial charge in [0.1, 0.15) is 0 Å². The smallest absolute Gasteiger partial charge is 0.0344 e. The number of rotatable bonds is 8. The van der Waals surface area contributed by atoms with Crippen molar-refractivity contribution in [3.8, 4) is 0 Å². The fourth-order valence-corrected chi connectivity index (χ4v) is 1.55. The van der Waals surface area contributed by atoms with Gasteiger partial charge in [-0.25, -0.2) is 0 Å². The third-order valence-electron chi connectivity index (χ3n) is 2.52. The van der Waals surface area contributed by atoms with Gasteiger partial charge in [-0.1, -0.05) is 19.8 Å². The predicted molar refractivity (Wildman–Crippen MR) is 56.5 cm³/mol. The average molecular weight is 204 g/mol. The molecule has 2 N–H and O–H groups in total. The summed E-state index contributed by atoms with van der Waals surface area (Å²) in [5.74, 6) is 0. The molecule has 14 heavy (non-hydrogen) atoms. The second-order valence-electron chi connectivity index (χ2n) is 3.87. The molecule has 4 nitrogen and oxygen atoms in total. The van der Waals surface area contributed by atoms with Crippen molar-refractivity contribution in [2.75, 3.05) is 20.6 Å². The summed E-state index contributed by atoms with van der Waals surface area (Å²) in [5, 5.41) is 20.6. The molecule has 0 aliphatic carbocycles. The summed E-state index contributed by atoms with van der Waals surface area (Å²) in [6.45, 7) is 2.81. The topological polar surface area (TPSA) is 46.9 Å². The first-order valence-electron chi connectivity index (χ1n) is 5.39.